The number of halogens is 2. The van der Waals surface area contributed by atoms with Crippen LogP contribution in [0.25, 0.3) is 5.69 Å². The van der Waals surface area contributed by atoms with Gasteiger partial charge in [-0.1, -0.05) is 11.6 Å². The van der Waals surface area contributed by atoms with Crippen molar-refractivity contribution in [1.29, 1.82) is 5.26 Å². The van der Waals surface area contributed by atoms with Crippen LogP contribution in [0.5, 0.6) is 0 Å². The van der Waals surface area contributed by atoms with Gasteiger partial charge in [-0.25, -0.2) is 4.68 Å². The molecule has 2 rings (SSSR count). The van der Waals surface area contributed by atoms with Crippen molar-refractivity contribution in [1.82, 2.24) is 9.78 Å². The summed E-state index contributed by atoms with van der Waals surface area (Å²) >= 11 is 9.27. The molecule has 16 heavy (non-hydrogen) atoms. The lowest BCUT2D eigenvalue weighted by atomic mass is 10.3. The van der Waals surface area contributed by atoms with Gasteiger partial charge in [0.25, 0.3) is 0 Å². The predicted octanol–water partition coefficient (Wildman–Crippen LogP) is 2.74. The average Bonchev–Trinajstić information content (AvgIpc) is 2.63. The highest BCUT2D eigenvalue weighted by molar-refractivity contribution is 9.10. The molecule has 6 heteroatoms. The molecule has 0 radical (unpaired) electrons. The molecule has 0 aliphatic rings. The molecule has 0 unspecified atom stereocenters. The molecule has 0 aliphatic carbocycles. The second-order valence-electron chi connectivity index (χ2n) is 3.06. The fourth-order valence-electron chi connectivity index (χ4n) is 1.28. The summed E-state index contributed by atoms with van der Waals surface area (Å²) in [6.07, 6.45) is 1.42. The third-order valence-corrected chi connectivity index (χ3v) is 2.97. The Bertz CT molecular complexity index is 585. The van der Waals surface area contributed by atoms with Crippen LogP contribution in [0.2, 0.25) is 5.02 Å². The molecular formula is C10H6BrClN4. The minimum atomic E-state index is 0.297. The zero-order valence-corrected chi connectivity index (χ0v) is 10.3. The number of nitrogens with two attached hydrogens (primary N) is 1. The van der Waals surface area contributed by atoms with Crippen LogP contribution in [0.4, 0.5) is 5.82 Å². The fourth-order valence-corrected chi connectivity index (χ4v) is 1.87. The molecule has 2 aromatic rings. The van der Waals surface area contributed by atoms with Crippen LogP contribution >= 0.6 is 27.5 Å². The van der Waals surface area contributed by atoms with E-state index in [1.165, 1.54) is 10.9 Å². The number of nitrogens with zero attached hydrogens (tertiary/aromatic N) is 3. The van der Waals surface area contributed by atoms with Gasteiger partial charge in [0.05, 0.1) is 11.9 Å². The van der Waals surface area contributed by atoms with Gasteiger partial charge >= 0.3 is 0 Å². The van der Waals surface area contributed by atoms with Gasteiger partial charge in [0.15, 0.2) is 0 Å². The number of nitriles is 1. The van der Waals surface area contributed by atoms with Crippen LogP contribution in [0.1, 0.15) is 5.56 Å². The fraction of sp³-hybridized carbons (Fsp3) is 0. The van der Waals surface area contributed by atoms with E-state index in [0.717, 1.165) is 4.47 Å². The Morgan fingerprint density at radius 2 is 2.25 bits per heavy atom. The van der Waals surface area contributed by atoms with Crippen LogP contribution in [0.15, 0.2) is 28.9 Å². The van der Waals surface area contributed by atoms with Crippen molar-refractivity contribution >= 4 is 33.3 Å². The number of hydrogen-bond acceptors (Lipinski definition) is 3. The molecule has 0 spiro atoms. The van der Waals surface area contributed by atoms with Gasteiger partial charge in [-0.2, -0.15) is 10.4 Å². The minimum absolute atomic E-state index is 0.297. The second-order valence-corrected chi connectivity index (χ2v) is 4.35. The maximum absolute atomic E-state index is 8.78. The maximum Gasteiger partial charge on any atom is 0.145 e. The zero-order valence-electron chi connectivity index (χ0n) is 7.98. The Labute approximate surface area is 105 Å². The largest absolute Gasteiger partial charge is 0.382 e. The monoisotopic (exact) mass is 296 g/mol. The Balaban J connectivity index is 2.64. The standard InChI is InChI=1S/C10H6BrClN4/c11-8-2-1-7(12)3-9(8)16-10(14)6(4-13)5-15-16/h1-3,5H,14H2. The summed E-state index contributed by atoms with van der Waals surface area (Å²) in [7, 11) is 0. The average molecular weight is 298 g/mol. The molecule has 0 amide bonds. The first kappa shape index (κ1) is 11.0. The molecule has 0 saturated carbocycles. The number of hydrogen-bond donors (Lipinski definition) is 1. The number of aromatic nitrogens is 2. The van der Waals surface area contributed by atoms with Crippen molar-refractivity contribution in [3.63, 3.8) is 0 Å². The minimum Gasteiger partial charge on any atom is -0.382 e. The van der Waals surface area contributed by atoms with Crippen LogP contribution in [-0.2, 0) is 0 Å². The Morgan fingerprint density at radius 1 is 1.50 bits per heavy atom. The van der Waals surface area contributed by atoms with E-state index in [1.807, 2.05) is 6.07 Å². The summed E-state index contributed by atoms with van der Waals surface area (Å²) in [5.41, 5.74) is 6.82. The van der Waals surface area contributed by atoms with Crippen molar-refractivity contribution < 1.29 is 0 Å². The van der Waals surface area contributed by atoms with Gasteiger partial charge in [0.2, 0.25) is 0 Å². The number of rotatable bonds is 1. The highest BCUT2D eigenvalue weighted by atomic mass is 79.9. The molecule has 0 saturated heterocycles. The molecule has 1 heterocycles. The van der Waals surface area contributed by atoms with Gasteiger partial charge in [0, 0.05) is 9.50 Å². The van der Waals surface area contributed by atoms with E-state index in [4.69, 9.17) is 22.6 Å². The second kappa shape index (κ2) is 4.16. The van der Waals surface area contributed by atoms with Crippen molar-refractivity contribution in [3.05, 3.63) is 39.5 Å². The molecule has 0 fully saturated rings. The third kappa shape index (κ3) is 1.77. The van der Waals surface area contributed by atoms with Gasteiger partial charge in [-0.15, -0.1) is 0 Å². The first-order valence-electron chi connectivity index (χ1n) is 4.32. The number of anilines is 1. The maximum atomic E-state index is 8.78. The van der Waals surface area contributed by atoms with E-state index in [9.17, 15) is 0 Å². The van der Waals surface area contributed by atoms with Crippen molar-refractivity contribution in [3.8, 4) is 11.8 Å². The SMILES string of the molecule is N#Cc1cnn(-c2cc(Cl)ccc2Br)c1N. The topological polar surface area (TPSA) is 67.6 Å². The van der Waals surface area contributed by atoms with Crippen molar-refractivity contribution in [2.75, 3.05) is 5.73 Å². The summed E-state index contributed by atoms with van der Waals surface area (Å²) in [4.78, 5) is 0. The summed E-state index contributed by atoms with van der Waals surface area (Å²) in [5.74, 6) is 0.297. The molecule has 0 aliphatic heterocycles. The van der Waals surface area contributed by atoms with E-state index in [-0.39, 0.29) is 0 Å². The smallest absolute Gasteiger partial charge is 0.145 e. The quantitative estimate of drug-likeness (QED) is 0.880. The predicted molar refractivity (Wildman–Crippen MR) is 65.4 cm³/mol. The normalized spacial score (nSPS) is 10.1. The Hall–Kier alpha value is -1.51. The van der Waals surface area contributed by atoms with Gasteiger partial charge in [0.1, 0.15) is 17.5 Å². The number of benzene rings is 1. The van der Waals surface area contributed by atoms with E-state index in [0.29, 0.717) is 22.1 Å². The number of nitrogen functional groups attached to an aromatic ring is 1. The van der Waals surface area contributed by atoms with Gasteiger partial charge in [-0.3, -0.25) is 0 Å². The van der Waals surface area contributed by atoms with E-state index >= 15 is 0 Å². The first-order valence-corrected chi connectivity index (χ1v) is 5.49. The lowest BCUT2D eigenvalue weighted by molar-refractivity contribution is 0.887. The molecule has 4 nitrogen and oxygen atoms in total. The van der Waals surface area contributed by atoms with Crippen LogP contribution < -0.4 is 5.73 Å². The molecular weight excluding hydrogens is 291 g/mol. The van der Waals surface area contributed by atoms with Gasteiger partial charge in [-0.05, 0) is 34.1 Å². The Kier molecular flexibility index (Phi) is 2.86. The summed E-state index contributed by atoms with van der Waals surface area (Å²) in [5, 5.41) is 13.4. The summed E-state index contributed by atoms with van der Waals surface area (Å²) in [6, 6.07) is 7.23. The van der Waals surface area contributed by atoms with Crippen LogP contribution in [-0.4, -0.2) is 9.78 Å². The van der Waals surface area contributed by atoms with E-state index < -0.39 is 0 Å². The van der Waals surface area contributed by atoms with Gasteiger partial charge < -0.3 is 5.73 Å². The zero-order chi connectivity index (χ0) is 11.7. The molecule has 1 aromatic heterocycles. The third-order valence-electron chi connectivity index (χ3n) is 2.06. The van der Waals surface area contributed by atoms with Crippen LogP contribution in [0.3, 0.4) is 0 Å². The lowest BCUT2D eigenvalue weighted by Gasteiger charge is -2.06. The molecule has 80 valence electrons. The van der Waals surface area contributed by atoms with Crippen molar-refractivity contribution in [2.45, 2.75) is 0 Å². The first-order chi connectivity index (χ1) is 7.63. The van der Waals surface area contributed by atoms with Crippen molar-refractivity contribution in [2.24, 2.45) is 0 Å². The highest BCUT2D eigenvalue weighted by Crippen LogP contribution is 2.26. The molecule has 1 aromatic carbocycles. The van der Waals surface area contributed by atoms with E-state index in [2.05, 4.69) is 21.0 Å². The summed E-state index contributed by atoms with van der Waals surface area (Å²) < 4.78 is 2.27. The molecule has 2 N–H and O–H groups in total. The Morgan fingerprint density at radius 3 is 2.88 bits per heavy atom. The highest BCUT2D eigenvalue weighted by Gasteiger charge is 2.11. The molecule has 0 atom stereocenters. The van der Waals surface area contributed by atoms with Crippen LogP contribution in [0, 0.1) is 11.3 Å². The molecule has 0 bridgehead atoms. The summed E-state index contributed by atoms with van der Waals surface area (Å²) in [6.45, 7) is 0. The van der Waals surface area contributed by atoms with E-state index in [1.54, 1.807) is 18.2 Å². The lowest BCUT2D eigenvalue weighted by Crippen LogP contribution is -2.03.